The van der Waals surface area contributed by atoms with E-state index in [0.717, 1.165) is 0 Å². The van der Waals surface area contributed by atoms with Gasteiger partial charge in [-0.05, 0) is 6.42 Å². The van der Waals surface area contributed by atoms with Crippen LogP contribution in [0.3, 0.4) is 0 Å². The molecule has 82 valence electrons. The minimum atomic E-state index is -2.64. The third kappa shape index (κ3) is 2.90. The van der Waals surface area contributed by atoms with Crippen molar-refractivity contribution in [1.29, 1.82) is 0 Å². The summed E-state index contributed by atoms with van der Waals surface area (Å²) >= 11 is 0. The van der Waals surface area contributed by atoms with E-state index >= 15 is 0 Å². The van der Waals surface area contributed by atoms with E-state index in [2.05, 4.69) is 10.1 Å². The molecule has 0 aromatic rings. The molecule has 1 atom stereocenters. The lowest BCUT2D eigenvalue weighted by Crippen LogP contribution is -2.44. The molecule has 0 aromatic heterocycles. The van der Waals surface area contributed by atoms with Gasteiger partial charge in [0.2, 0.25) is 0 Å². The lowest BCUT2D eigenvalue weighted by molar-refractivity contribution is -0.142. The minimum Gasteiger partial charge on any atom is -0.469 e. The lowest BCUT2D eigenvalue weighted by atomic mass is 9.90. The number of alkyl halides is 2. The zero-order valence-electron chi connectivity index (χ0n) is 8.19. The van der Waals surface area contributed by atoms with E-state index in [9.17, 15) is 13.6 Å². The second kappa shape index (κ2) is 4.68. The number of rotatable bonds is 3. The number of piperidine rings is 1. The summed E-state index contributed by atoms with van der Waals surface area (Å²) in [7, 11) is 1.26. The van der Waals surface area contributed by atoms with E-state index in [-0.39, 0.29) is 25.8 Å². The van der Waals surface area contributed by atoms with Crippen molar-refractivity contribution < 1.29 is 18.3 Å². The summed E-state index contributed by atoms with van der Waals surface area (Å²) in [5.41, 5.74) is 0. The summed E-state index contributed by atoms with van der Waals surface area (Å²) < 4.78 is 30.9. The number of hydrogen-bond acceptors (Lipinski definition) is 3. The Morgan fingerprint density at radius 1 is 1.64 bits per heavy atom. The molecule has 0 spiro atoms. The molecule has 0 saturated carbocycles. The van der Waals surface area contributed by atoms with Gasteiger partial charge in [-0.1, -0.05) is 0 Å². The van der Waals surface area contributed by atoms with Crippen LogP contribution in [0.25, 0.3) is 0 Å². The first kappa shape index (κ1) is 11.4. The molecule has 14 heavy (non-hydrogen) atoms. The Balaban J connectivity index is 2.38. The maximum atomic E-state index is 13.2. The highest BCUT2D eigenvalue weighted by atomic mass is 19.3. The zero-order chi connectivity index (χ0) is 10.6. The molecule has 1 heterocycles. The Labute approximate surface area is 81.8 Å². The monoisotopic (exact) mass is 207 g/mol. The first-order valence-electron chi connectivity index (χ1n) is 4.71. The number of ether oxygens (including phenoxy) is 1. The number of esters is 1. The van der Waals surface area contributed by atoms with Gasteiger partial charge in [0.05, 0.1) is 7.11 Å². The van der Waals surface area contributed by atoms with Gasteiger partial charge in [0.15, 0.2) is 0 Å². The van der Waals surface area contributed by atoms with Crippen LogP contribution in [0.4, 0.5) is 8.78 Å². The van der Waals surface area contributed by atoms with E-state index in [1.54, 1.807) is 0 Å². The minimum absolute atomic E-state index is 0.0679. The quantitative estimate of drug-likeness (QED) is 0.706. The molecule has 1 aliphatic rings. The smallest absolute Gasteiger partial charge is 0.305 e. The standard InChI is InChI=1S/C9H15F2NO2/c1-14-8(13)3-2-7-6-12-5-4-9(7,10)11/h7,12H,2-6H2,1H3. The summed E-state index contributed by atoms with van der Waals surface area (Å²) in [6, 6.07) is 0. The first-order valence-corrected chi connectivity index (χ1v) is 4.71. The fraction of sp³-hybridized carbons (Fsp3) is 0.889. The van der Waals surface area contributed by atoms with E-state index in [0.29, 0.717) is 6.54 Å². The highest BCUT2D eigenvalue weighted by Gasteiger charge is 2.41. The third-order valence-corrected chi connectivity index (χ3v) is 2.55. The van der Waals surface area contributed by atoms with Crippen molar-refractivity contribution in [2.24, 2.45) is 5.92 Å². The molecular weight excluding hydrogens is 192 g/mol. The Hall–Kier alpha value is -0.710. The molecule has 0 radical (unpaired) electrons. The van der Waals surface area contributed by atoms with Crippen LogP contribution in [0.2, 0.25) is 0 Å². The van der Waals surface area contributed by atoms with Crippen molar-refractivity contribution in [2.45, 2.75) is 25.2 Å². The van der Waals surface area contributed by atoms with Gasteiger partial charge in [-0.3, -0.25) is 4.79 Å². The number of nitrogens with one attached hydrogen (secondary N) is 1. The number of halogens is 2. The van der Waals surface area contributed by atoms with E-state index in [4.69, 9.17) is 0 Å². The summed E-state index contributed by atoms with van der Waals surface area (Å²) in [4.78, 5) is 10.8. The largest absolute Gasteiger partial charge is 0.469 e. The molecule has 1 N–H and O–H groups in total. The average Bonchev–Trinajstić information content (AvgIpc) is 2.15. The van der Waals surface area contributed by atoms with Gasteiger partial charge in [-0.2, -0.15) is 0 Å². The number of methoxy groups -OCH3 is 1. The summed E-state index contributed by atoms with van der Waals surface area (Å²) in [6.07, 6.45) is 0.115. The van der Waals surface area contributed by atoms with E-state index in [1.165, 1.54) is 7.11 Å². The van der Waals surface area contributed by atoms with Crippen LogP contribution in [0.5, 0.6) is 0 Å². The number of carbonyl (C=O) groups excluding carboxylic acids is 1. The molecule has 1 rings (SSSR count). The van der Waals surface area contributed by atoms with Gasteiger partial charge >= 0.3 is 5.97 Å². The number of hydrogen-bond donors (Lipinski definition) is 1. The normalized spacial score (nSPS) is 25.8. The molecular formula is C9H15F2NO2. The Bertz CT molecular complexity index is 209. The van der Waals surface area contributed by atoms with Gasteiger partial charge in [-0.15, -0.1) is 0 Å². The molecule has 1 saturated heterocycles. The number of carbonyl (C=O) groups is 1. The highest BCUT2D eigenvalue weighted by molar-refractivity contribution is 5.69. The van der Waals surface area contributed by atoms with Crippen molar-refractivity contribution in [3.05, 3.63) is 0 Å². The molecule has 5 heteroatoms. The molecule has 0 aromatic carbocycles. The van der Waals surface area contributed by atoms with E-state index < -0.39 is 17.8 Å². The topological polar surface area (TPSA) is 38.3 Å². The third-order valence-electron chi connectivity index (χ3n) is 2.55. The highest BCUT2D eigenvalue weighted by Crippen LogP contribution is 2.33. The Morgan fingerprint density at radius 2 is 2.36 bits per heavy atom. The SMILES string of the molecule is COC(=O)CCC1CNCCC1(F)F. The molecule has 0 amide bonds. The maximum absolute atomic E-state index is 13.2. The molecule has 0 bridgehead atoms. The maximum Gasteiger partial charge on any atom is 0.305 e. The Kier molecular flexibility index (Phi) is 3.80. The second-order valence-corrected chi connectivity index (χ2v) is 3.53. The molecule has 0 aliphatic carbocycles. The van der Waals surface area contributed by atoms with Crippen LogP contribution in [0.1, 0.15) is 19.3 Å². The first-order chi connectivity index (χ1) is 6.56. The zero-order valence-corrected chi connectivity index (χ0v) is 8.19. The van der Waals surface area contributed by atoms with Crippen molar-refractivity contribution in [1.82, 2.24) is 5.32 Å². The van der Waals surface area contributed by atoms with Gasteiger partial charge in [0.1, 0.15) is 0 Å². The summed E-state index contributed by atoms with van der Waals surface area (Å²) in [5, 5.41) is 2.90. The van der Waals surface area contributed by atoms with Crippen LogP contribution in [0.15, 0.2) is 0 Å². The van der Waals surface area contributed by atoms with Gasteiger partial charge in [0.25, 0.3) is 5.92 Å². The summed E-state index contributed by atoms with van der Waals surface area (Å²) in [6.45, 7) is 0.631. The van der Waals surface area contributed by atoms with Crippen LogP contribution < -0.4 is 5.32 Å². The fourth-order valence-corrected chi connectivity index (χ4v) is 1.59. The van der Waals surface area contributed by atoms with Crippen LogP contribution in [-0.2, 0) is 9.53 Å². The van der Waals surface area contributed by atoms with Gasteiger partial charge in [0, 0.05) is 31.8 Å². The molecule has 3 nitrogen and oxygen atoms in total. The van der Waals surface area contributed by atoms with Crippen LogP contribution in [-0.4, -0.2) is 32.1 Å². The van der Waals surface area contributed by atoms with Crippen LogP contribution in [0, 0.1) is 5.92 Å². The van der Waals surface area contributed by atoms with E-state index in [1.807, 2.05) is 0 Å². The average molecular weight is 207 g/mol. The fourth-order valence-electron chi connectivity index (χ4n) is 1.59. The molecule has 1 aliphatic heterocycles. The summed E-state index contributed by atoms with van der Waals surface area (Å²) in [5.74, 6) is -3.80. The Morgan fingerprint density at radius 3 is 2.93 bits per heavy atom. The van der Waals surface area contributed by atoms with Crippen molar-refractivity contribution in [2.75, 3.05) is 20.2 Å². The molecule has 1 unspecified atom stereocenters. The predicted molar refractivity (Wildman–Crippen MR) is 47.2 cm³/mol. The van der Waals surface area contributed by atoms with Crippen LogP contribution >= 0.6 is 0 Å². The second-order valence-electron chi connectivity index (χ2n) is 3.53. The van der Waals surface area contributed by atoms with Crippen molar-refractivity contribution >= 4 is 5.97 Å². The molecule has 1 fully saturated rings. The van der Waals surface area contributed by atoms with Crippen molar-refractivity contribution in [3.63, 3.8) is 0 Å². The predicted octanol–water partition coefficient (Wildman–Crippen LogP) is 1.18. The lowest BCUT2D eigenvalue weighted by Gasteiger charge is -2.31. The van der Waals surface area contributed by atoms with Gasteiger partial charge < -0.3 is 10.1 Å². The van der Waals surface area contributed by atoms with Crippen molar-refractivity contribution in [3.8, 4) is 0 Å². The van der Waals surface area contributed by atoms with Gasteiger partial charge in [-0.25, -0.2) is 8.78 Å².